The Labute approximate surface area is 154 Å². The van der Waals surface area contributed by atoms with Gasteiger partial charge in [0, 0.05) is 21.4 Å². The van der Waals surface area contributed by atoms with Crippen LogP contribution >= 0.6 is 7.53 Å². The molecule has 0 amide bonds. The first-order valence-corrected chi connectivity index (χ1v) is 10.6. The maximum atomic E-state index is 5.00. The average Bonchev–Trinajstić information content (AvgIpc) is 3.02. The molecule has 2 aromatic heterocycles. The molecule has 0 fully saturated rings. The minimum atomic E-state index is -0.345. The van der Waals surface area contributed by atoms with E-state index in [1.165, 1.54) is 26.6 Å². The van der Waals surface area contributed by atoms with Gasteiger partial charge in [-0.2, -0.15) is 0 Å². The lowest BCUT2D eigenvalue weighted by Gasteiger charge is -2.08. The fourth-order valence-electron chi connectivity index (χ4n) is 3.80. The Kier molecular flexibility index (Phi) is 3.62. The van der Waals surface area contributed by atoms with Crippen LogP contribution in [-0.4, -0.2) is 4.98 Å². The predicted molar refractivity (Wildman–Crippen MR) is 114 cm³/mol. The predicted octanol–water partition coefficient (Wildman–Crippen LogP) is 7.25. The number of hydrogen-bond donors (Lipinski definition) is 0. The Bertz CT molecular complexity index is 1240. The molecule has 0 spiro atoms. The van der Waals surface area contributed by atoms with Gasteiger partial charge >= 0.3 is 0 Å². The SMILES string of the molecule is Cp1c2ccccc2c2cccc(-c3cccc(-c4ccccc4)n3)c21. The summed E-state index contributed by atoms with van der Waals surface area (Å²) < 4.78 is 0. The van der Waals surface area contributed by atoms with Gasteiger partial charge in [-0.15, -0.1) is 7.53 Å². The zero-order chi connectivity index (χ0) is 17.5. The molecule has 1 unspecified atom stereocenters. The third-order valence-corrected chi connectivity index (χ3v) is 7.29. The van der Waals surface area contributed by atoms with E-state index in [0.717, 1.165) is 17.0 Å². The minimum absolute atomic E-state index is 0.345. The lowest BCUT2D eigenvalue weighted by Crippen LogP contribution is -1.88. The van der Waals surface area contributed by atoms with Crippen molar-refractivity contribution < 1.29 is 0 Å². The quantitative estimate of drug-likeness (QED) is 0.326. The summed E-state index contributed by atoms with van der Waals surface area (Å²) in [7, 11) is -0.345. The summed E-state index contributed by atoms with van der Waals surface area (Å²) in [6.07, 6.45) is 0. The molecule has 124 valence electrons. The van der Waals surface area contributed by atoms with Crippen molar-refractivity contribution in [1.82, 2.24) is 4.98 Å². The number of pyridine rings is 1. The highest BCUT2D eigenvalue weighted by Gasteiger charge is 2.14. The number of aromatic nitrogens is 1. The van der Waals surface area contributed by atoms with Crippen LogP contribution in [0.4, 0.5) is 0 Å². The maximum Gasteiger partial charge on any atom is 0.0719 e. The van der Waals surface area contributed by atoms with Crippen molar-refractivity contribution >= 4 is 28.5 Å². The van der Waals surface area contributed by atoms with Gasteiger partial charge in [-0.3, -0.25) is 0 Å². The summed E-state index contributed by atoms with van der Waals surface area (Å²) in [6.45, 7) is 2.37. The van der Waals surface area contributed by atoms with Crippen LogP contribution in [0.5, 0.6) is 0 Å². The lowest BCUT2D eigenvalue weighted by molar-refractivity contribution is 1.33. The standard InChI is InChI=1S/C24H18NP/c1-26-23-16-6-5-11-18(23)19-12-7-13-20(24(19)26)22-15-8-14-21(25-22)17-9-3-2-4-10-17/h2-16H,1H3. The molecule has 0 bridgehead atoms. The maximum absolute atomic E-state index is 5.00. The van der Waals surface area contributed by atoms with E-state index in [1.54, 1.807) is 0 Å². The number of benzene rings is 3. The molecule has 0 radical (unpaired) electrons. The smallest absolute Gasteiger partial charge is 0.0719 e. The first-order valence-electron chi connectivity index (χ1n) is 8.82. The van der Waals surface area contributed by atoms with Gasteiger partial charge < -0.3 is 0 Å². The van der Waals surface area contributed by atoms with Crippen molar-refractivity contribution in [3.63, 3.8) is 0 Å². The van der Waals surface area contributed by atoms with E-state index in [9.17, 15) is 0 Å². The summed E-state index contributed by atoms with van der Waals surface area (Å²) in [5.41, 5.74) is 4.51. The molecule has 3 aromatic carbocycles. The molecule has 5 aromatic rings. The van der Waals surface area contributed by atoms with Crippen LogP contribution in [0.3, 0.4) is 0 Å². The molecule has 0 N–H and O–H groups in total. The summed E-state index contributed by atoms with van der Waals surface area (Å²) in [5.74, 6) is 0. The molecule has 2 heterocycles. The van der Waals surface area contributed by atoms with Gasteiger partial charge in [0.25, 0.3) is 0 Å². The third kappa shape index (κ3) is 2.36. The fourth-order valence-corrected chi connectivity index (χ4v) is 6.01. The summed E-state index contributed by atoms with van der Waals surface area (Å²) in [4.78, 5) is 5.00. The van der Waals surface area contributed by atoms with Crippen molar-refractivity contribution in [3.05, 3.63) is 91.0 Å². The number of aryl methyl sites for hydroxylation is 1. The molecule has 0 saturated heterocycles. The van der Waals surface area contributed by atoms with Crippen molar-refractivity contribution in [2.75, 3.05) is 0 Å². The van der Waals surface area contributed by atoms with Crippen LogP contribution in [0.2, 0.25) is 0 Å². The van der Waals surface area contributed by atoms with Gasteiger partial charge in [0.1, 0.15) is 0 Å². The largest absolute Gasteiger partial charge is 0.248 e. The second-order valence-corrected chi connectivity index (χ2v) is 8.60. The van der Waals surface area contributed by atoms with Gasteiger partial charge in [0.15, 0.2) is 0 Å². The van der Waals surface area contributed by atoms with E-state index in [1.807, 2.05) is 6.07 Å². The van der Waals surface area contributed by atoms with E-state index in [4.69, 9.17) is 4.98 Å². The van der Waals surface area contributed by atoms with E-state index >= 15 is 0 Å². The Balaban J connectivity index is 1.78. The lowest BCUT2D eigenvalue weighted by atomic mass is 10.1. The zero-order valence-electron chi connectivity index (χ0n) is 14.6. The normalized spacial score (nSPS) is 12.0. The summed E-state index contributed by atoms with van der Waals surface area (Å²) >= 11 is 0. The number of hydrogen-bond acceptors (Lipinski definition) is 1. The monoisotopic (exact) mass is 351 g/mol. The molecule has 0 aliphatic heterocycles. The Morgan fingerprint density at radius 1 is 0.615 bits per heavy atom. The van der Waals surface area contributed by atoms with Crippen LogP contribution < -0.4 is 0 Å². The Morgan fingerprint density at radius 2 is 1.31 bits per heavy atom. The molecule has 2 heteroatoms. The summed E-state index contributed by atoms with van der Waals surface area (Å²) in [5, 5.41) is 5.70. The van der Waals surface area contributed by atoms with Crippen molar-refractivity contribution in [2.45, 2.75) is 0 Å². The molecular weight excluding hydrogens is 333 g/mol. The van der Waals surface area contributed by atoms with Crippen LogP contribution in [0.1, 0.15) is 0 Å². The molecule has 5 rings (SSSR count). The average molecular weight is 351 g/mol. The Morgan fingerprint density at radius 3 is 2.19 bits per heavy atom. The fraction of sp³-hybridized carbons (Fsp3) is 0.0417. The van der Waals surface area contributed by atoms with Gasteiger partial charge in [-0.25, -0.2) is 4.98 Å². The van der Waals surface area contributed by atoms with Gasteiger partial charge in [0.2, 0.25) is 0 Å². The second-order valence-electron chi connectivity index (χ2n) is 6.55. The van der Waals surface area contributed by atoms with Crippen molar-refractivity contribution in [1.29, 1.82) is 0 Å². The summed E-state index contributed by atoms with van der Waals surface area (Å²) in [6, 6.07) is 32.2. The number of nitrogens with zero attached hydrogens (tertiary/aromatic N) is 1. The van der Waals surface area contributed by atoms with Gasteiger partial charge in [-0.05, 0) is 29.6 Å². The minimum Gasteiger partial charge on any atom is -0.248 e. The number of rotatable bonds is 2. The van der Waals surface area contributed by atoms with E-state index in [2.05, 4.69) is 91.6 Å². The van der Waals surface area contributed by atoms with E-state index in [0.29, 0.717) is 0 Å². The Hall–Kier alpha value is -2.89. The first-order chi connectivity index (χ1) is 12.8. The van der Waals surface area contributed by atoms with E-state index in [-0.39, 0.29) is 7.53 Å². The highest BCUT2D eigenvalue weighted by molar-refractivity contribution is 7.60. The van der Waals surface area contributed by atoms with Crippen molar-refractivity contribution in [2.24, 2.45) is 6.66 Å². The van der Waals surface area contributed by atoms with Crippen LogP contribution in [0.15, 0.2) is 91.0 Å². The molecule has 1 atom stereocenters. The molecule has 0 aliphatic carbocycles. The molecular formula is C24H18NP. The highest BCUT2D eigenvalue weighted by atomic mass is 31.1. The second kappa shape index (κ2) is 6.12. The van der Waals surface area contributed by atoms with Crippen LogP contribution in [-0.2, 0) is 6.66 Å². The topological polar surface area (TPSA) is 12.9 Å². The van der Waals surface area contributed by atoms with Crippen molar-refractivity contribution in [3.8, 4) is 22.5 Å². The highest BCUT2D eigenvalue weighted by Crippen LogP contribution is 2.50. The molecule has 26 heavy (non-hydrogen) atoms. The molecule has 1 nitrogen and oxygen atoms in total. The molecule has 0 aliphatic rings. The first kappa shape index (κ1) is 15.4. The van der Waals surface area contributed by atoms with Crippen LogP contribution in [0, 0.1) is 0 Å². The van der Waals surface area contributed by atoms with Gasteiger partial charge in [-0.1, -0.05) is 78.9 Å². The number of fused-ring (bicyclic) bond motifs is 3. The van der Waals surface area contributed by atoms with E-state index < -0.39 is 0 Å². The zero-order valence-corrected chi connectivity index (χ0v) is 15.4. The third-order valence-electron chi connectivity index (χ3n) is 5.02. The van der Waals surface area contributed by atoms with Crippen LogP contribution in [0.25, 0.3) is 43.5 Å². The van der Waals surface area contributed by atoms with Gasteiger partial charge in [0.05, 0.1) is 11.4 Å². The molecule has 0 saturated carbocycles.